The Morgan fingerprint density at radius 3 is 2.74 bits per heavy atom. The number of rotatable bonds is 8. The van der Waals surface area contributed by atoms with Crippen LogP contribution in [0, 0.1) is 22.9 Å². The number of benzene rings is 3. The number of aromatic nitrogens is 2. The molecule has 4 aromatic rings. The number of anilines is 1. The summed E-state index contributed by atoms with van der Waals surface area (Å²) in [6.07, 6.45) is 1.65. The van der Waals surface area contributed by atoms with E-state index in [9.17, 15) is 19.3 Å². The quantitative estimate of drug-likeness (QED) is 0.223. The first kappa shape index (κ1) is 24.1. The van der Waals surface area contributed by atoms with Crippen molar-refractivity contribution < 1.29 is 18.8 Å². The maximum atomic E-state index is 13.9. The minimum atomic E-state index is -0.491. The van der Waals surface area contributed by atoms with Crippen LogP contribution in [0.5, 0.6) is 5.75 Å². The molecule has 0 atom stereocenters. The van der Waals surface area contributed by atoms with Crippen LogP contribution in [-0.4, -0.2) is 20.6 Å². The number of hydrogen-bond acceptors (Lipinski definition) is 5. The van der Waals surface area contributed by atoms with E-state index in [1.807, 2.05) is 0 Å². The van der Waals surface area contributed by atoms with Crippen LogP contribution in [0.2, 0.25) is 0 Å². The van der Waals surface area contributed by atoms with Gasteiger partial charge in [-0.1, -0.05) is 36.4 Å². The van der Waals surface area contributed by atoms with Gasteiger partial charge in [-0.15, -0.1) is 0 Å². The lowest BCUT2D eigenvalue weighted by Gasteiger charge is -2.09. The molecule has 0 bridgehead atoms. The van der Waals surface area contributed by atoms with Gasteiger partial charge in [0.2, 0.25) is 0 Å². The molecule has 0 aliphatic heterocycles. The van der Waals surface area contributed by atoms with Crippen molar-refractivity contribution in [1.29, 1.82) is 0 Å². The van der Waals surface area contributed by atoms with Crippen molar-refractivity contribution in [2.75, 3.05) is 5.32 Å². The molecule has 1 heterocycles. The van der Waals surface area contributed by atoms with Crippen LogP contribution in [0.4, 0.5) is 15.9 Å². The summed E-state index contributed by atoms with van der Waals surface area (Å²) in [5, 5.41) is 18.4. The molecular weight excluding hydrogens is 519 g/mol. The van der Waals surface area contributed by atoms with Crippen molar-refractivity contribution in [2.24, 2.45) is 0 Å². The molecule has 4 rings (SSSR count). The van der Waals surface area contributed by atoms with Crippen molar-refractivity contribution in [3.05, 3.63) is 116 Å². The van der Waals surface area contributed by atoms with Crippen molar-refractivity contribution in [3.8, 4) is 5.75 Å². The number of carbonyl (C=O) groups is 1. The van der Waals surface area contributed by atoms with Gasteiger partial charge in [-0.25, -0.2) is 4.39 Å². The Morgan fingerprint density at radius 1 is 1.17 bits per heavy atom. The highest BCUT2D eigenvalue weighted by molar-refractivity contribution is 9.10. The molecule has 10 heteroatoms. The maximum Gasteiger partial charge on any atom is 0.311 e. The number of aryl methyl sites for hydroxylation is 1. The van der Waals surface area contributed by atoms with Crippen molar-refractivity contribution in [1.82, 2.24) is 9.78 Å². The second-order valence-corrected chi connectivity index (χ2v) is 8.64. The van der Waals surface area contributed by atoms with Crippen LogP contribution in [0.3, 0.4) is 0 Å². The van der Waals surface area contributed by atoms with Gasteiger partial charge in [0.1, 0.15) is 12.4 Å². The molecule has 35 heavy (non-hydrogen) atoms. The minimum absolute atomic E-state index is 0.0476. The zero-order chi connectivity index (χ0) is 24.9. The van der Waals surface area contributed by atoms with Gasteiger partial charge in [-0.2, -0.15) is 5.10 Å². The van der Waals surface area contributed by atoms with E-state index in [0.717, 1.165) is 5.56 Å². The summed E-state index contributed by atoms with van der Waals surface area (Å²) in [6, 6.07) is 17.9. The zero-order valence-electron chi connectivity index (χ0n) is 18.6. The Balaban J connectivity index is 1.44. The van der Waals surface area contributed by atoms with E-state index in [2.05, 4.69) is 26.3 Å². The van der Waals surface area contributed by atoms with E-state index in [1.165, 1.54) is 16.8 Å². The standard InChI is InChI=1S/C25H20BrFN4O4/c1-16-9-10-23(22(11-16)31(33)34)35-15-17-5-4-7-18(12-17)25(32)28-24-20(26)14-30(29-24)13-19-6-2-3-8-21(19)27/h2-12,14H,13,15H2,1H3,(H,28,29,32). The molecule has 0 aliphatic carbocycles. The molecule has 1 amide bonds. The molecule has 0 spiro atoms. The SMILES string of the molecule is Cc1ccc(OCc2cccc(C(=O)Nc3nn(Cc4ccccc4F)cc3Br)c2)c([N+](=O)[O-])c1. The van der Waals surface area contributed by atoms with Crippen LogP contribution in [0.25, 0.3) is 0 Å². The second kappa shape index (κ2) is 10.5. The average molecular weight is 539 g/mol. The monoisotopic (exact) mass is 538 g/mol. The predicted molar refractivity (Wildman–Crippen MR) is 132 cm³/mol. The third-order valence-electron chi connectivity index (χ3n) is 5.13. The van der Waals surface area contributed by atoms with Crippen LogP contribution in [0.15, 0.2) is 77.4 Å². The predicted octanol–water partition coefficient (Wildman–Crippen LogP) is 5.88. The van der Waals surface area contributed by atoms with Crippen LogP contribution >= 0.6 is 15.9 Å². The van der Waals surface area contributed by atoms with Crippen molar-refractivity contribution in [2.45, 2.75) is 20.1 Å². The number of halogens is 2. The highest BCUT2D eigenvalue weighted by Crippen LogP contribution is 2.28. The Labute approximate surface area is 208 Å². The van der Waals surface area contributed by atoms with Gasteiger partial charge in [0.25, 0.3) is 5.91 Å². The fraction of sp³-hybridized carbons (Fsp3) is 0.120. The summed E-state index contributed by atoms with van der Waals surface area (Å²) in [7, 11) is 0. The lowest BCUT2D eigenvalue weighted by atomic mass is 10.1. The smallest absolute Gasteiger partial charge is 0.311 e. The molecule has 0 saturated carbocycles. The maximum absolute atomic E-state index is 13.9. The molecule has 3 aromatic carbocycles. The molecule has 0 aliphatic rings. The largest absolute Gasteiger partial charge is 0.482 e. The Kier molecular flexibility index (Phi) is 7.21. The van der Waals surface area contributed by atoms with Gasteiger partial charge in [0.15, 0.2) is 11.6 Å². The first-order chi connectivity index (χ1) is 16.8. The third kappa shape index (κ3) is 5.90. The van der Waals surface area contributed by atoms with Gasteiger partial charge >= 0.3 is 5.69 Å². The molecule has 0 fully saturated rings. The number of nitrogens with one attached hydrogen (secondary N) is 1. The minimum Gasteiger partial charge on any atom is -0.482 e. The van der Waals surface area contributed by atoms with E-state index in [1.54, 1.807) is 67.7 Å². The Hall–Kier alpha value is -4.05. The highest BCUT2D eigenvalue weighted by Gasteiger charge is 2.16. The van der Waals surface area contributed by atoms with E-state index < -0.39 is 10.8 Å². The molecule has 178 valence electrons. The van der Waals surface area contributed by atoms with Gasteiger partial charge < -0.3 is 10.1 Å². The Morgan fingerprint density at radius 2 is 1.97 bits per heavy atom. The van der Waals surface area contributed by atoms with Crippen molar-refractivity contribution in [3.63, 3.8) is 0 Å². The lowest BCUT2D eigenvalue weighted by Crippen LogP contribution is -2.14. The Bertz CT molecular complexity index is 1410. The molecule has 1 aromatic heterocycles. The van der Waals surface area contributed by atoms with E-state index in [0.29, 0.717) is 27.0 Å². The summed E-state index contributed by atoms with van der Waals surface area (Å²) in [4.78, 5) is 23.6. The van der Waals surface area contributed by atoms with Gasteiger partial charge in [-0.3, -0.25) is 19.6 Å². The first-order valence-corrected chi connectivity index (χ1v) is 11.3. The summed E-state index contributed by atoms with van der Waals surface area (Å²) in [5.41, 5.74) is 2.14. The first-order valence-electron chi connectivity index (χ1n) is 10.5. The highest BCUT2D eigenvalue weighted by atomic mass is 79.9. The topological polar surface area (TPSA) is 99.3 Å². The molecule has 0 saturated heterocycles. The molecule has 1 N–H and O–H groups in total. The lowest BCUT2D eigenvalue weighted by molar-refractivity contribution is -0.386. The van der Waals surface area contributed by atoms with Crippen LogP contribution in [-0.2, 0) is 13.2 Å². The van der Waals surface area contributed by atoms with Gasteiger partial charge in [0.05, 0.1) is 15.9 Å². The number of ether oxygens (including phenoxy) is 1. The van der Waals surface area contributed by atoms with Gasteiger partial charge in [-0.05, 0) is 58.2 Å². The van der Waals surface area contributed by atoms with E-state index in [4.69, 9.17) is 4.74 Å². The average Bonchev–Trinajstić information content (AvgIpc) is 3.18. The van der Waals surface area contributed by atoms with E-state index >= 15 is 0 Å². The fourth-order valence-electron chi connectivity index (χ4n) is 3.40. The number of amides is 1. The van der Waals surface area contributed by atoms with E-state index in [-0.39, 0.29) is 30.4 Å². The second-order valence-electron chi connectivity index (χ2n) is 7.79. The van der Waals surface area contributed by atoms with Gasteiger partial charge in [0, 0.05) is 23.4 Å². The molecule has 8 nitrogen and oxygen atoms in total. The summed E-state index contributed by atoms with van der Waals surface area (Å²) in [6.45, 7) is 2.02. The molecular formula is C25H20BrFN4O4. The number of nitrogens with zero attached hydrogens (tertiary/aromatic N) is 3. The number of carbonyl (C=O) groups excluding carboxylic acids is 1. The fourth-order valence-corrected chi connectivity index (χ4v) is 3.81. The zero-order valence-corrected chi connectivity index (χ0v) is 20.2. The summed E-state index contributed by atoms with van der Waals surface area (Å²) in [5.74, 6) is -0.284. The van der Waals surface area contributed by atoms with Crippen LogP contribution in [0.1, 0.15) is 27.0 Å². The van der Waals surface area contributed by atoms with Crippen LogP contribution < -0.4 is 10.1 Å². The molecule has 0 radical (unpaired) electrons. The number of nitro benzene ring substituents is 1. The van der Waals surface area contributed by atoms with Crippen molar-refractivity contribution >= 4 is 33.3 Å². The molecule has 0 unspecified atom stereocenters. The third-order valence-corrected chi connectivity index (χ3v) is 5.71. The number of hydrogen-bond donors (Lipinski definition) is 1. The summed E-state index contributed by atoms with van der Waals surface area (Å²) >= 11 is 3.37. The number of nitro groups is 1. The normalized spacial score (nSPS) is 10.7. The summed E-state index contributed by atoms with van der Waals surface area (Å²) < 4.78 is 21.7.